The van der Waals surface area contributed by atoms with Crippen LogP contribution in [0.4, 0.5) is 5.69 Å². The minimum Gasteiger partial charge on any atom is -0.493 e. The molecule has 2 aliphatic rings. The van der Waals surface area contributed by atoms with Gasteiger partial charge in [0, 0.05) is 43.0 Å². The van der Waals surface area contributed by atoms with Gasteiger partial charge in [-0.25, -0.2) is 4.98 Å². The van der Waals surface area contributed by atoms with E-state index in [0.29, 0.717) is 35.7 Å². The normalized spacial score (nSPS) is 18.6. The molecule has 1 aliphatic carbocycles. The first kappa shape index (κ1) is 39.5. The number of carbonyl (C=O) groups is 4. The van der Waals surface area contributed by atoms with E-state index in [9.17, 15) is 19.5 Å². The number of aromatic nitrogens is 2. The summed E-state index contributed by atoms with van der Waals surface area (Å²) in [5.74, 6) is -2.48. The number of benzene rings is 2. The van der Waals surface area contributed by atoms with E-state index in [1.807, 2.05) is 44.2 Å². The highest BCUT2D eigenvalue weighted by Crippen LogP contribution is 2.46. The van der Waals surface area contributed by atoms with Crippen molar-refractivity contribution < 1.29 is 29.0 Å². The van der Waals surface area contributed by atoms with Gasteiger partial charge in [0.05, 0.1) is 43.5 Å². The van der Waals surface area contributed by atoms with E-state index in [1.54, 1.807) is 18.2 Å². The average Bonchev–Trinajstić information content (AvgIpc) is 3.80. The number of nitrogens with zero attached hydrogens (tertiary/aromatic N) is 2. The predicted molar refractivity (Wildman–Crippen MR) is 201 cm³/mol. The third-order valence-corrected chi connectivity index (χ3v) is 10.5. The highest BCUT2D eigenvalue weighted by Gasteiger charge is 2.58. The van der Waals surface area contributed by atoms with Gasteiger partial charge in [-0.15, -0.1) is 0 Å². The number of fused-ring (bicyclic) bond motifs is 1. The van der Waals surface area contributed by atoms with Crippen molar-refractivity contribution in [3.05, 3.63) is 77.9 Å². The summed E-state index contributed by atoms with van der Waals surface area (Å²) < 4.78 is 6.14. The number of amides is 4. The molecule has 0 bridgehead atoms. The van der Waals surface area contributed by atoms with Gasteiger partial charge in [-0.3, -0.25) is 24.1 Å². The number of hydrogen-bond acceptors (Lipinski definition) is 9. The molecule has 1 saturated carbocycles. The summed E-state index contributed by atoms with van der Waals surface area (Å²) in [5, 5.41) is 17.7. The molecule has 1 aliphatic heterocycles. The molecule has 13 nitrogen and oxygen atoms in total. The largest absolute Gasteiger partial charge is 0.493 e. The van der Waals surface area contributed by atoms with Gasteiger partial charge in [0.2, 0.25) is 23.6 Å². The van der Waals surface area contributed by atoms with Crippen LogP contribution in [0.25, 0.3) is 0 Å². The van der Waals surface area contributed by atoms with Gasteiger partial charge in [0.25, 0.3) is 0 Å². The van der Waals surface area contributed by atoms with E-state index in [4.69, 9.17) is 16.2 Å². The number of carbonyl (C=O) groups excluding carboxylic acids is 4. The predicted octanol–water partition coefficient (Wildman–Crippen LogP) is 3.37. The first-order chi connectivity index (χ1) is 25.4. The number of ether oxygens (including phenoxy) is 1. The number of nitrogens with two attached hydrogens (primary N) is 2. The molecule has 1 aromatic heterocycles. The van der Waals surface area contributed by atoms with Crippen molar-refractivity contribution in [3.8, 4) is 5.75 Å². The summed E-state index contributed by atoms with van der Waals surface area (Å²) in [7, 11) is 0. The number of anilines is 1. The molecule has 1 unspecified atom stereocenters. The number of nitrogen functional groups attached to an aromatic ring is 1. The lowest BCUT2D eigenvalue weighted by molar-refractivity contribution is -0.161. The van der Waals surface area contributed by atoms with Gasteiger partial charge >= 0.3 is 0 Å². The van der Waals surface area contributed by atoms with E-state index in [-0.39, 0.29) is 43.6 Å². The Morgan fingerprint density at radius 3 is 2.49 bits per heavy atom. The molecule has 8 N–H and O–H groups in total. The Hall–Kier alpha value is -4.75. The maximum absolute atomic E-state index is 15.5. The molecule has 3 aromatic rings. The smallest absolute Gasteiger partial charge is 0.247 e. The Morgan fingerprint density at radius 1 is 1.09 bits per heavy atom. The third-order valence-electron chi connectivity index (χ3n) is 10.5. The van der Waals surface area contributed by atoms with E-state index in [2.05, 4.69) is 20.6 Å². The molecular formula is C40H55N7O6. The highest BCUT2D eigenvalue weighted by molar-refractivity contribution is 6.04. The third kappa shape index (κ3) is 9.63. The van der Waals surface area contributed by atoms with Crippen molar-refractivity contribution in [1.29, 1.82) is 0 Å². The number of aromatic amines is 1. The van der Waals surface area contributed by atoms with Crippen LogP contribution < -0.4 is 26.8 Å². The van der Waals surface area contributed by atoms with Crippen molar-refractivity contribution in [3.63, 3.8) is 0 Å². The molecule has 53 heavy (non-hydrogen) atoms. The zero-order valence-corrected chi connectivity index (χ0v) is 31.1. The van der Waals surface area contributed by atoms with Crippen molar-refractivity contribution in [2.24, 2.45) is 17.6 Å². The van der Waals surface area contributed by atoms with Crippen LogP contribution in [0.3, 0.4) is 0 Å². The summed E-state index contributed by atoms with van der Waals surface area (Å²) in [5.41, 5.74) is 13.1. The summed E-state index contributed by atoms with van der Waals surface area (Å²) in [6.45, 7) is 5.59. The van der Waals surface area contributed by atoms with Gasteiger partial charge in [0.1, 0.15) is 11.3 Å². The summed E-state index contributed by atoms with van der Waals surface area (Å²) >= 11 is 0. The van der Waals surface area contributed by atoms with Gasteiger partial charge in [-0.2, -0.15) is 0 Å². The molecule has 4 amide bonds. The van der Waals surface area contributed by atoms with Crippen LogP contribution in [-0.4, -0.2) is 80.5 Å². The fraction of sp³-hybridized carbons (Fsp3) is 0.525. The Kier molecular flexibility index (Phi) is 13.3. The van der Waals surface area contributed by atoms with Crippen LogP contribution in [0.15, 0.2) is 61.1 Å². The fourth-order valence-electron chi connectivity index (χ4n) is 7.86. The van der Waals surface area contributed by atoms with Crippen LogP contribution in [0.1, 0.15) is 88.5 Å². The molecular weight excluding hydrogens is 674 g/mol. The number of nitrogens with one attached hydrogen (secondary N) is 3. The summed E-state index contributed by atoms with van der Waals surface area (Å²) in [6.07, 6.45) is 6.90. The van der Waals surface area contributed by atoms with Crippen molar-refractivity contribution in [2.45, 2.75) is 108 Å². The number of hydrogen-bond donors (Lipinski definition) is 6. The lowest BCUT2D eigenvalue weighted by Gasteiger charge is -2.46. The highest BCUT2D eigenvalue weighted by atomic mass is 16.5. The number of rotatable bonds is 16. The lowest BCUT2D eigenvalue weighted by atomic mass is 9.73. The van der Waals surface area contributed by atoms with Gasteiger partial charge in [-0.05, 0) is 48.4 Å². The quantitative estimate of drug-likeness (QED) is 0.119. The van der Waals surface area contributed by atoms with Gasteiger partial charge < -0.3 is 36.9 Å². The molecule has 1 fully saturated rings. The Balaban J connectivity index is 1.62. The minimum absolute atomic E-state index is 0.0568. The number of H-pyrrole nitrogens is 1. The number of aliphatic hydroxyl groups is 1. The zero-order chi connectivity index (χ0) is 38.1. The van der Waals surface area contributed by atoms with E-state index in [0.717, 1.165) is 42.6 Å². The molecule has 286 valence electrons. The molecule has 0 spiro atoms. The maximum atomic E-state index is 15.5. The first-order valence-electron chi connectivity index (χ1n) is 18.8. The van der Waals surface area contributed by atoms with Crippen LogP contribution in [0.2, 0.25) is 0 Å². The molecule has 0 saturated heterocycles. The molecule has 5 atom stereocenters. The van der Waals surface area contributed by atoms with Crippen molar-refractivity contribution in [2.75, 3.05) is 18.9 Å². The second-order valence-electron chi connectivity index (χ2n) is 15.1. The van der Waals surface area contributed by atoms with Crippen LogP contribution in [0, 0.1) is 11.8 Å². The second-order valence-corrected chi connectivity index (χ2v) is 15.1. The van der Waals surface area contributed by atoms with E-state index < -0.39 is 47.4 Å². The first-order valence-corrected chi connectivity index (χ1v) is 18.8. The molecule has 13 heteroatoms. The molecule has 0 radical (unpaired) electrons. The monoisotopic (exact) mass is 729 g/mol. The van der Waals surface area contributed by atoms with Crippen molar-refractivity contribution >= 4 is 29.3 Å². The van der Waals surface area contributed by atoms with Crippen LogP contribution in [-0.2, 0) is 32.0 Å². The lowest BCUT2D eigenvalue weighted by Crippen LogP contribution is -2.70. The standard InChI is InChI=1S/C40H55N7O6/c1-25(2)21-44-37(50)19-35(49)34(17-28-12-8-5-9-13-28)46-39(52)40(20-30-22-43-24-45-30,32-23-53-36-15-14-29(41)18-31(32)36)47(26(3)48)38(51)33(42)16-27-10-6-4-7-11-27/h4,6-7,10-11,14-15,18,22,24-25,28,32-35,49H,5,8-9,12-13,16-17,19-21,23,41-42H2,1-3H3,(H,43,45)(H,44,50)(H,46,52)/t32?,33-,34-,35-,40-/m0/s1. The van der Waals surface area contributed by atoms with E-state index in [1.165, 1.54) is 19.4 Å². The van der Waals surface area contributed by atoms with Gasteiger partial charge in [-0.1, -0.05) is 76.3 Å². The minimum atomic E-state index is -1.98. The zero-order valence-electron chi connectivity index (χ0n) is 31.1. The SMILES string of the molecule is CC(=O)N(C(=O)[C@@H](N)Cc1ccccc1)[C@](Cc1cnc[nH]1)(C(=O)N[C@@H](CC1CCCCC1)[C@@H](O)CC(=O)NCC(C)C)C1COc2ccc(N)cc21. The number of aliphatic hydroxyl groups excluding tert-OH is 1. The summed E-state index contributed by atoms with van der Waals surface area (Å²) in [4.78, 5) is 65.5. The Morgan fingerprint density at radius 2 is 1.83 bits per heavy atom. The topological polar surface area (TPSA) is 206 Å². The van der Waals surface area contributed by atoms with Crippen LogP contribution >= 0.6 is 0 Å². The number of imidazole rings is 1. The average molecular weight is 730 g/mol. The van der Waals surface area contributed by atoms with Crippen LogP contribution in [0.5, 0.6) is 5.75 Å². The molecule has 2 heterocycles. The van der Waals surface area contributed by atoms with Gasteiger partial charge in [0.15, 0.2) is 0 Å². The second kappa shape index (κ2) is 17.8. The Labute approximate surface area is 311 Å². The Bertz CT molecular complexity index is 1690. The summed E-state index contributed by atoms with van der Waals surface area (Å²) in [6, 6.07) is 12.2. The molecule has 2 aromatic carbocycles. The van der Waals surface area contributed by atoms with Crippen molar-refractivity contribution in [1.82, 2.24) is 25.5 Å². The fourth-order valence-corrected chi connectivity index (χ4v) is 7.86. The number of imide groups is 1. The van der Waals surface area contributed by atoms with E-state index >= 15 is 4.79 Å². The molecule has 5 rings (SSSR count). The maximum Gasteiger partial charge on any atom is 0.247 e.